The fourth-order valence-corrected chi connectivity index (χ4v) is 2.48. The van der Waals surface area contributed by atoms with Gasteiger partial charge in [-0.25, -0.2) is 0 Å². The van der Waals surface area contributed by atoms with Crippen LogP contribution in [0.3, 0.4) is 0 Å². The van der Waals surface area contributed by atoms with Gasteiger partial charge in [0, 0.05) is 32.7 Å². The summed E-state index contributed by atoms with van der Waals surface area (Å²) >= 11 is 3.48. The molecule has 0 spiro atoms. The molecule has 2 rings (SSSR count). The monoisotopic (exact) mass is 298 g/mol. The molecule has 94 valence electrons. The average Bonchev–Trinajstić information content (AvgIpc) is 2.34. The Morgan fingerprint density at radius 1 is 1.24 bits per heavy atom. The Hall–Kier alpha value is -0.580. The molecule has 0 aromatic heterocycles. The third kappa shape index (κ3) is 3.44. The Morgan fingerprint density at radius 2 is 1.94 bits per heavy atom. The van der Waals surface area contributed by atoms with Crippen LogP contribution in [0, 0.1) is 0 Å². The van der Waals surface area contributed by atoms with Crippen LogP contribution in [0.2, 0.25) is 0 Å². The molecular formula is C13H19BrN2O. The molecule has 0 radical (unpaired) electrons. The summed E-state index contributed by atoms with van der Waals surface area (Å²) in [6, 6.07) is 6.33. The van der Waals surface area contributed by atoms with Crippen molar-refractivity contribution >= 4 is 15.9 Å². The lowest BCUT2D eigenvalue weighted by atomic mass is 10.2. The van der Waals surface area contributed by atoms with Crippen LogP contribution in [0.15, 0.2) is 22.7 Å². The van der Waals surface area contributed by atoms with Gasteiger partial charge in [-0.3, -0.25) is 4.90 Å². The van der Waals surface area contributed by atoms with E-state index in [2.05, 4.69) is 51.0 Å². The largest absolute Gasteiger partial charge is 0.496 e. The number of methoxy groups -OCH3 is 1. The third-order valence-electron chi connectivity index (χ3n) is 3.22. The number of nitrogens with zero attached hydrogens (tertiary/aromatic N) is 2. The van der Waals surface area contributed by atoms with Crippen LogP contribution < -0.4 is 4.74 Å². The maximum Gasteiger partial charge on any atom is 0.133 e. The first-order valence-electron chi connectivity index (χ1n) is 5.92. The standard InChI is InChI=1S/C13H19BrN2O/c1-15-5-7-16(8-6-15)10-11-3-4-12(14)13(9-11)17-2/h3-4,9H,5-8,10H2,1-2H3. The van der Waals surface area contributed by atoms with E-state index >= 15 is 0 Å². The van der Waals surface area contributed by atoms with Crippen LogP contribution >= 0.6 is 15.9 Å². The fourth-order valence-electron chi connectivity index (χ4n) is 2.07. The van der Waals surface area contributed by atoms with Gasteiger partial charge in [0.2, 0.25) is 0 Å². The van der Waals surface area contributed by atoms with Crippen molar-refractivity contribution in [1.29, 1.82) is 0 Å². The van der Waals surface area contributed by atoms with Gasteiger partial charge in [0.1, 0.15) is 5.75 Å². The van der Waals surface area contributed by atoms with Gasteiger partial charge in [0.15, 0.2) is 0 Å². The van der Waals surface area contributed by atoms with E-state index in [1.807, 2.05) is 0 Å². The van der Waals surface area contributed by atoms with Crippen molar-refractivity contribution in [2.45, 2.75) is 6.54 Å². The number of hydrogen-bond acceptors (Lipinski definition) is 3. The van der Waals surface area contributed by atoms with Gasteiger partial charge in [-0.2, -0.15) is 0 Å². The van der Waals surface area contributed by atoms with Crippen molar-refractivity contribution in [1.82, 2.24) is 9.80 Å². The first-order valence-corrected chi connectivity index (χ1v) is 6.71. The van der Waals surface area contributed by atoms with Crippen LogP contribution in [-0.4, -0.2) is 50.1 Å². The van der Waals surface area contributed by atoms with Crippen molar-refractivity contribution in [2.24, 2.45) is 0 Å². The highest BCUT2D eigenvalue weighted by atomic mass is 79.9. The smallest absolute Gasteiger partial charge is 0.133 e. The van der Waals surface area contributed by atoms with E-state index in [-0.39, 0.29) is 0 Å². The second-order valence-corrected chi connectivity index (χ2v) is 5.40. The number of benzene rings is 1. The predicted octanol–water partition coefficient (Wildman–Crippen LogP) is 2.21. The molecule has 1 saturated heterocycles. The van der Waals surface area contributed by atoms with Gasteiger partial charge >= 0.3 is 0 Å². The molecule has 3 nitrogen and oxygen atoms in total. The minimum absolute atomic E-state index is 0.914. The molecular weight excluding hydrogens is 280 g/mol. The number of ether oxygens (including phenoxy) is 1. The van der Waals surface area contributed by atoms with E-state index in [0.29, 0.717) is 0 Å². The molecule has 1 heterocycles. The normalized spacial score (nSPS) is 18.3. The number of piperazine rings is 1. The van der Waals surface area contributed by atoms with Crippen LogP contribution in [0.25, 0.3) is 0 Å². The van der Waals surface area contributed by atoms with Crippen LogP contribution in [0.5, 0.6) is 5.75 Å². The molecule has 0 aliphatic carbocycles. The van der Waals surface area contributed by atoms with Gasteiger partial charge in [0.25, 0.3) is 0 Å². The minimum Gasteiger partial charge on any atom is -0.496 e. The highest BCUT2D eigenvalue weighted by Crippen LogP contribution is 2.26. The molecule has 0 bridgehead atoms. The van der Waals surface area contributed by atoms with E-state index in [9.17, 15) is 0 Å². The summed E-state index contributed by atoms with van der Waals surface area (Å²) in [7, 11) is 3.89. The molecule has 1 fully saturated rings. The van der Waals surface area contributed by atoms with Gasteiger partial charge < -0.3 is 9.64 Å². The Balaban J connectivity index is 1.99. The van der Waals surface area contributed by atoms with Crippen LogP contribution in [0.1, 0.15) is 5.56 Å². The zero-order valence-corrected chi connectivity index (χ0v) is 12.0. The highest BCUT2D eigenvalue weighted by molar-refractivity contribution is 9.10. The minimum atomic E-state index is 0.914. The summed E-state index contributed by atoms with van der Waals surface area (Å²) in [5.74, 6) is 0.914. The Morgan fingerprint density at radius 3 is 2.59 bits per heavy atom. The molecule has 1 aliphatic heterocycles. The molecule has 0 unspecified atom stereocenters. The molecule has 17 heavy (non-hydrogen) atoms. The van der Waals surface area contributed by atoms with Crippen molar-refractivity contribution in [3.63, 3.8) is 0 Å². The second kappa shape index (κ2) is 5.85. The summed E-state index contributed by atoms with van der Waals surface area (Å²) in [6.45, 7) is 5.63. The first-order chi connectivity index (χ1) is 8.19. The van der Waals surface area contributed by atoms with Gasteiger partial charge in [-0.1, -0.05) is 6.07 Å². The number of likely N-dealkylation sites (N-methyl/N-ethyl adjacent to an activating group) is 1. The summed E-state index contributed by atoms with van der Waals surface area (Å²) in [6.07, 6.45) is 0. The van der Waals surface area contributed by atoms with E-state index in [4.69, 9.17) is 4.74 Å². The number of rotatable bonds is 3. The van der Waals surface area contributed by atoms with Crippen molar-refractivity contribution in [3.8, 4) is 5.75 Å². The third-order valence-corrected chi connectivity index (χ3v) is 3.87. The molecule has 0 amide bonds. The molecule has 4 heteroatoms. The van der Waals surface area contributed by atoms with Gasteiger partial charge in [-0.05, 0) is 40.7 Å². The lowest BCUT2D eigenvalue weighted by molar-refractivity contribution is 0.148. The second-order valence-electron chi connectivity index (χ2n) is 4.55. The zero-order valence-electron chi connectivity index (χ0n) is 10.4. The Labute approximate surface area is 111 Å². The van der Waals surface area contributed by atoms with Crippen LogP contribution in [0.4, 0.5) is 0 Å². The van der Waals surface area contributed by atoms with E-state index < -0.39 is 0 Å². The van der Waals surface area contributed by atoms with Crippen LogP contribution in [-0.2, 0) is 6.54 Å². The summed E-state index contributed by atoms with van der Waals surface area (Å²) in [5.41, 5.74) is 1.31. The lowest BCUT2D eigenvalue weighted by Crippen LogP contribution is -2.43. The SMILES string of the molecule is COc1cc(CN2CCN(C)CC2)ccc1Br. The molecule has 0 atom stereocenters. The van der Waals surface area contributed by atoms with Gasteiger partial charge in [0.05, 0.1) is 11.6 Å². The van der Waals surface area contributed by atoms with Crippen molar-refractivity contribution in [3.05, 3.63) is 28.2 Å². The Bertz CT molecular complexity index is 376. The molecule has 0 N–H and O–H groups in total. The van der Waals surface area contributed by atoms with Gasteiger partial charge in [-0.15, -0.1) is 0 Å². The zero-order chi connectivity index (χ0) is 12.3. The maximum atomic E-state index is 5.32. The molecule has 1 aromatic carbocycles. The highest BCUT2D eigenvalue weighted by Gasteiger charge is 2.14. The molecule has 1 aromatic rings. The number of hydrogen-bond donors (Lipinski definition) is 0. The molecule has 1 aliphatic rings. The summed E-state index contributed by atoms with van der Waals surface area (Å²) in [4.78, 5) is 4.86. The Kier molecular flexibility index (Phi) is 4.42. The maximum absolute atomic E-state index is 5.32. The first kappa shape index (κ1) is 12.9. The van der Waals surface area contributed by atoms with E-state index in [1.165, 1.54) is 5.56 Å². The predicted molar refractivity (Wildman–Crippen MR) is 73.5 cm³/mol. The number of halogens is 1. The average molecular weight is 299 g/mol. The summed E-state index contributed by atoms with van der Waals surface area (Å²) < 4.78 is 6.33. The topological polar surface area (TPSA) is 15.7 Å². The van der Waals surface area contributed by atoms with Crippen molar-refractivity contribution in [2.75, 3.05) is 40.3 Å². The summed E-state index contributed by atoms with van der Waals surface area (Å²) in [5, 5.41) is 0. The fraction of sp³-hybridized carbons (Fsp3) is 0.538. The molecule has 0 saturated carbocycles. The van der Waals surface area contributed by atoms with E-state index in [0.717, 1.165) is 42.9 Å². The quantitative estimate of drug-likeness (QED) is 0.851. The van der Waals surface area contributed by atoms with Crippen molar-refractivity contribution < 1.29 is 4.74 Å². The lowest BCUT2D eigenvalue weighted by Gasteiger charge is -2.32. The van der Waals surface area contributed by atoms with E-state index in [1.54, 1.807) is 7.11 Å².